The third-order valence-corrected chi connectivity index (χ3v) is 2.58. The van der Waals surface area contributed by atoms with Gasteiger partial charge in [0.1, 0.15) is 5.82 Å². The Bertz CT molecular complexity index is 371. The minimum absolute atomic E-state index is 0.188. The van der Waals surface area contributed by atoms with E-state index < -0.39 is 0 Å². The predicted molar refractivity (Wildman–Crippen MR) is 61.9 cm³/mol. The summed E-state index contributed by atoms with van der Waals surface area (Å²) >= 11 is 0. The van der Waals surface area contributed by atoms with Crippen molar-refractivity contribution < 1.29 is 4.39 Å². The molecule has 0 N–H and O–H groups in total. The normalized spacial score (nSPS) is 12.9. The van der Waals surface area contributed by atoms with Gasteiger partial charge in [-0.05, 0) is 29.7 Å². The van der Waals surface area contributed by atoms with Crippen LogP contribution in [0, 0.1) is 29.0 Å². The molecule has 0 aliphatic carbocycles. The molecule has 0 saturated carbocycles. The van der Waals surface area contributed by atoms with Crippen LogP contribution in [0.4, 0.5) is 4.39 Å². The summed E-state index contributed by atoms with van der Waals surface area (Å²) in [6, 6.07) is 6.28. The lowest BCUT2D eigenvalue weighted by molar-refractivity contribution is 0.324. The summed E-state index contributed by atoms with van der Waals surface area (Å²) in [7, 11) is 0. The van der Waals surface area contributed by atoms with Crippen molar-refractivity contribution in [3.05, 3.63) is 35.6 Å². The van der Waals surface area contributed by atoms with E-state index in [1.807, 2.05) is 0 Å². The van der Waals surface area contributed by atoms with Gasteiger partial charge in [-0.25, -0.2) is 4.39 Å². The van der Waals surface area contributed by atoms with Gasteiger partial charge in [0.2, 0.25) is 0 Å². The van der Waals surface area contributed by atoms with Crippen LogP contribution < -0.4 is 0 Å². The standard InChI is InChI=1S/C14H17F/c1-11(14(2,3)4)5-6-12-7-9-13(15)10-8-12/h7-11H,1-4H3. The molecule has 0 heterocycles. The molecule has 0 aliphatic heterocycles. The summed E-state index contributed by atoms with van der Waals surface area (Å²) in [5.74, 6) is 6.35. The summed E-state index contributed by atoms with van der Waals surface area (Å²) in [5, 5.41) is 0. The molecule has 1 unspecified atom stereocenters. The molecule has 1 heteroatoms. The third-order valence-electron chi connectivity index (χ3n) is 2.58. The topological polar surface area (TPSA) is 0 Å². The summed E-state index contributed by atoms with van der Waals surface area (Å²) in [5.41, 5.74) is 1.06. The van der Waals surface area contributed by atoms with E-state index in [1.54, 1.807) is 12.1 Å². The molecule has 1 atom stereocenters. The first kappa shape index (κ1) is 11.8. The number of rotatable bonds is 0. The highest BCUT2D eigenvalue weighted by Crippen LogP contribution is 2.24. The van der Waals surface area contributed by atoms with Crippen LogP contribution in [0.15, 0.2) is 24.3 Å². The maximum Gasteiger partial charge on any atom is 0.123 e. The van der Waals surface area contributed by atoms with Crippen LogP contribution in [0.3, 0.4) is 0 Å². The number of halogens is 1. The van der Waals surface area contributed by atoms with Crippen LogP contribution in [0.5, 0.6) is 0 Å². The van der Waals surface area contributed by atoms with Gasteiger partial charge >= 0.3 is 0 Å². The average molecular weight is 204 g/mol. The minimum Gasteiger partial charge on any atom is -0.207 e. The Morgan fingerprint density at radius 3 is 2.13 bits per heavy atom. The van der Waals surface area contributed by atoms with Crippen molar-refractivity contribution in [2.75, 3.05) is 0 Å². The van der Waals surface area contributed by atoms with Gasteiger partial charge in [-0.2, -0.15) is 0 Å². The lowest BCUT2D eigenvalue weighted by Crippen LogP contribution is -2.15. The fourth-order valence-electron chi connectivity index (χ4n) is 0.941. The van der Waals surface area contributed by atoms with E-state index in [2.05, 4.69) is 39.5 Å². The number of benzene rings is 1. The van der Waals surface area contributed by atoms with Gasteiger partial charge in [-0.3, -0.25) is 0 Å². The summed E-state index contributed by atoms with van der Waals surface area (Å²) < 4.78 is 12.6. The molecule has 0 bridgehead atoms. The third kappa shape index (κ3) is 3.75. The molecular weight excluding hydrogens is 187 g/mol. The molecule has 0 radical (unpaired) electrons. The largest absolute Gasteiger partial charge is 0.207 e. The molecule has 1 aromatic rings. The highest BCUT2D eigenvalue weighted by Gasteiger charge is 2.17. The van der Waals surface area contributed by atoms with Crippen LogP contribution in [0.2, 0.25) is 0 Å². The SMILES string of the molecule is CC(C#Cc1ccc(F)cc1)C(C)(C)C. The molecule has 0 saturated heterocycles. The quantitative estimate of drug-likeness (QED) is 0.563. The van der Waals surface area contributed by atoms with Gasteiger partial charge in [0.15, 0.2) is 0 Å². The Morgan fingerprint density at radius 1 is 1.13 bits per heavy atom. The van der Waals surface area contributed by atoms with Crippen molar-refractivity contribution in [2.24, 2.45) is 11.3 Å². The van der Waals surface area contributed by atoms with Gasteiger partial charge in [0, 0.05) is 11.5 Å². The van der Waals surface area contributed by atoms with E-state index in [0.29, 0.717) is 5.92 Å². The Balaban J connectivity index is 2.78. The molecule has 0 nitrogen and oxygen atoms in total. The minimum atomic E-state index is -0.218. The molecular formula is C14H17F. The maximum absolute atomic E-state index is 12.6. The Hall–Kier alpha value is -1.29. The van der Waals surface area contributed by atoms with E-state index in [-0.39, 0.29) is 11.2 Å². The fourth-order valence-corrected chi connectivity index (χ4v) is 0.941. The van der Waals surface area contributed by atoms with Crippen molar-refractivity contribution in [3.8, 4) is 11.8 Å². The van der Waals surface area contributed by atoms with Crippen molar-refractivity contribution in [3.63, 3.8) is 0 Å². The number of hydrogen-bond donors (Lipinski definition) is 0. The average Bonchev–Trinajstić information content (AvgIpc) is 2.15. The van der Waals surface area contributed by atoms with E-state index in [1.165, 1.54) is 12.1 Å². The van der Waals surface area contributed by atoms with Crippen LogP contribution >= 0.6 is 0 Å². The Labute approximate surface area is 91.5 Å². The van der Waals surface area contributed by atoms with E-state index >= 15 is 0 Å². The van der Waals surface area contributed by atoms with E-state index in [9.17, 15) is 4.39 Å². The Kier molecular flexibility index (Phi) is 3.52. The smallest absolute Gasteiger partial charge is 0.123 e. The predicted octanol–water partition coefficient (Wildman–Crippen LogP) is 3.86. The summed E-state index contributed by atoms with van der Waals surface area (Å²) in [6.07, 6.45) is 0. The van der Waals surface area contributed by atoms with Gasteiger partial charge in [0.05, 0.1) is 0 Å². The fraction of sp³-hybridized carbons (Fsp3) is 0.429. The van der Waals surface area contributed by atoms with Crippen molar-refractivity contribution in [1.82, 2.24) is 0 Å². The molecule has 0 fully saturated rings. The van der Waals surface area contributed by atoms with Gasteiger partial charge in [0.25, 0.3) is 0 Å². The highest BCUT2D eigenvalue weighted by atomic mass is 19.1. The zero-order chi connectivity index (χ0) is 11.5. The molecule has 0 spiro atoms. The maximum atomic E-state index is 12.6. The molecule has 1 aromatic carbocycles. The zero-order valence-corrected chi connectivity index (χ0v) is 9.76. The van der Waals surface area contributed by atoms with Crippen LogP contribution in [0.25, 0.3) is 0 Å². The van der Waals surface area contributed by atoms with Crippen molar-refractivity contribution in [2.45, 2.75) is 27.7 Å². The molecule has 80 valence electrons. The van der Waals surface area contributed by atoms with E-state index in [0.717, 1.165) is 5.56 Å². The first-order valence-corrected chi connectivity index (χ1v) is 5.17. The van der Waals surface area contributed by atoms with Crippen molar-refractivity contribution in [1.29, 1.82) is 0 Å². The first-order chi connectivity index (χ1) is 6.89. The molecule has 0 amide bonds. The molecule has 0 aliphatic rings. The number of hydrogen-bond acceptors (Lipinski definition) is 0. The second-order valence-electron chi connectivity index (χ2n) is 4.86. The lowest BCUT2D eigenvalue weighted by Gasteiger charge is -2.21. The Morgan fingerprint density at radius 2 is 1.67 bits per heavy atom. The second kappa shape index (κ2) is 4.49. The molecule has 0 aromatic heterocycles. The molecule has 15 heavy (non-hydrogen) atoms. The first-order valence-electron chi connectivity index (χ1n) is 5.17. The van der Waals surface area contributed by atoms with Gasteiger partial charge < -0.3 is 0 Å². The second-order valence-corrected chi connectivity index (χ2v) is 4.86. The van der Waals surface area contributed by atoms with E-state index in [4.69, 9.17) is 0 Å². The zero-order valence-electron chi connectivity index (χ0n) is 9.76. The van der Waals surface area contributed by atoms with Crippen LogP contribution in [-0.2, 0) is 0 Å². The van der Waals surface area contributed by atoms with Crippen LogP contribution in [-0.4, -0.2) is 0 Å². The van der Waals surface area contributed by atoms with Crippen molar-refractivity contribution >= 4 is 0 Å². The summed E-state index contributed by atoms with van der Waals surface area (Å²) in [4.78, 5) is 0. The highest BCUT2D eigenvalue weighted by molar-refractivity contribution is 5.34. The molecule has 1 rings (SSSR count). The van der Waals surface area contributed by atoms with Gasteiger partial charge in [-0.1, -0.05) is 39.5 Å². The monoisotopic (exact) mass is 204 g/mol. The summed E-state index contributed by atoms with van der Waals surface area (Å²) in [6.45, 7) is 8.60. The van der Waals surface area contributed by atoms with Gasteiger partial charge in [-0.15, -0.1) is 0 Å². The lowest BCUT2D eigenvalue weighted by atomic mass is 9.82. The van der Waals surface area contributed by atoms with Crippen LogP contribution in [0.1, 0.15) is 33.3 Å².